The highest BCUT2D eigenvalue weighted by molar-refractivity contribution is 7.99. The second-order valence-electron chi connectivity index (χ2n) is 4.14. The van der Waals surface area contributed by atoms with Gasteiger partial charge in [-0.3, -0.25) is 4.79 Å². The molecule has 0 aliphatic heterocycles. The highest BCUT2D eigenvalue weighted by Gasteiger charge is 2.17. The lowest BCUT2D eigenvalue weighted by molar-refractivity contribution is -0.136. The van der Waals surface area contributed by atoms with Crippen LogP contribution in [0.15, 0.2) is 23.1 Å². The Morgan fingerprint density at radius 1 is 1.50 bits per heavy atom. The van der Waals surface area contributed by atoms with Gasteiger partial charge in [0.05, 0.1) is 17.7 Å². The van der Waals surface area contributed by atoms with Gasteiger partial charge in [0, 0.05) is 9.77 Å². The van der Waals surface area contributed by atoms with Crippen molar-refractivity contribution in [3.05, 3.63) is 34.6 Å². The van der Waals surface area contributed by atoms with Crippen LogP contribution in [0, 0.1) is 12.7 Å². The van der Waals surface area contributed by atoms with Crippen LogP contribution in [-0.4, -0.2) is 21.8 Å². The van der Waals surface area contributed by atoms with Gasteiger partial charge in [-0.05, 0) is 24.8 Å². The molecule has 0 aliphatic rings. The largest absolute Gasteiger partial charge is 0.481 e. The summed E-state index contributed by atoms with van der Waals surface area (Å²) in [5, 5.41) is 9.41. The van der Waals surface area contributed by atoms with Crippen molar-refractivity contribution in [2.45, 2.75) is 25.2 Å². The van der Waals surface area contributed by atoms with Crippen molar-refractivity contribution in [1.82, 2.24) is 4.98 Å². The fraction of sp³-hybridized carbons (Fsp3) is 0.286. The molecule has 20 heavy (non-hydrogen) atoms. The SMILES string of the molecule is CCSc1cccc(F)c1-c1nc(C)c(CC(=O)O)s1. The number of rotatable bonds is 5. The molecule has 0 saturated heterocycles. The first-order valence-electron chi connectivity index (χ1n) is 6.12. The number of carboxylic acid groups (broad SMARTS) is 1. The summed E-state index contributed by atoms with van der Waals surface area (Å²) in [5.74, 6) is -0.387. The normalized spacial score (nSPS) is 10.8. The van der Waals surface area contributed by atoms with Crippen molar-refractivity contribution in [3.63, 3.8) is 0 Å². The van der Waals surface area contributed by atoms with E-state index < -0.39 is 5.97 Å². The van der Waals surface area contributed by atoms with E-state index in [4.69, 9.17) is 5.11 Å². The second kappa shape index (κ2) is 6.37. The molecule has 0 saturated carbocycles. The smallest absolute Gasteiger partial charge is 0.308 e. The predicted octanol–water partition coefficient (Wildman–Crippen LogP) is 4.00. The molecule has 1 heterocycles. The summed E-state index contributed by atoms with van der Waals surface area (Å²) >= 11 is 2.80. The first kappa shape index (κ1) is 15.0. The molecule has 1 N–H and O–H groups in total. The van der Waals surface area contributed by atoms with E-state index in [-0.39, 0.29) is 12.2 Å². The molecule has 106 valence electrons. The average molecular weight is 311 g/mol. The van der Waals surface area contributed by atoms with Crippen LogP contribution in [0.4, 0.5) is 4.39 Å². The Labute approximate surface area is 124 Å². The van der Waals surface area contributed by atoms with Gasteiger partial charge in [-0.25, -0.2) is 9.37 Å². The minimum atomic E-state index is -0.903. The van der Waals surface area contributed by atoms with Gasteiger partial charge in [-0.15, -0.1) is 23.1 Å². The molecule has 2 rings (SSSR count). The monoisotopic (exact) mass is 311 g/mol. The van der Waals surface area contributed by atoms with E-state index in [1.54, 1.807) is 24.8 Å². The van der Waals surface area contributed by atoms with Crippen LogP contribution in [0.25, 0.3) is 10.6 Å². The van der Waals surface area contributed by atoms with Crippen molar-refractivity contribution in [2.24, 2.45) is 0 Å². The third-order valence-corrected chi connectivity index (χ3v) is 4.81. The van der Waals surface area contributed by atoms with Gasteiger partial charge < -0.3 is 5.11 Å². The zero-order valence-corrected chi connectivity index (χ0v) is 12.8. The number of hydrogen-bond donors (Lipinski definition) is 1. The zero-order chi connectivity index (χ0) is 14.7. The Hall–Kier alpha value is -1.40. The van der Waals surface area contributed by atoms with Gasteiger partial charge in [0.1, 0.15) is 10.8 Å². The number of nitrogens with zero attached hydrogens (tertiary/aromatic N) is 1. The van der Waals surface area contributed by atoms with Gasteiger partial charge in [0.15, 0.2) is 0 Å². The van der Waals surface area contributed by atoms with Crippen molar-refractivity contribution in [2.75, 3.05) is 5.75 Å². The Kier molecular flexibility index (Phi) is 4.77. The Bertz CT molecular complexity index is 640. The number of aryl methyl sites for hydroxylation is 1. The molecular formula is C14H14FNO2S2. The Balaban J connectivity index is 2.48. The Morgan fingerprint density at radius 2 is 2.25 bits per heavy atom. The first-order chi connectivity index (χ1) is 9.52. The molecule has 0 unspecified atom stereocenters. The van der Waals surface area contributed by atoms with Gasteiger partial charge in [0.25, 0.3) is 0 Å². The van der Waals surface area contributed by atoms with Crippen molar-refractivity contribution in [3.8, 4) is 10.6 Å². The minimum absolute atomic E-state index is 0.0752. The summed E-state index contributed by atoms with van der Waals surface area (Å²) in [4.78, 5) is 16.6. The third-order valence-electron chi connectivity index (χ3n) is 2.69. The molecule has 2 aromatic rings. The summed E-state index contributed by atoms with van der Waals surface area (Å²) in [6.07, 6.45) is -0.0752. The van der Waals surface area contributed by atoms with Crippen LogP contribution < -0.4 is 0 Å². The molecule has 0 aliphatic carbocycles. The van der Waals surface area contributed by atoms with Gasteiger partial charge >= 0.3 is 5.97 Å². The van der Waals surface area contributed by atoms with Crippen LogP contribution in [0.2, 0.25) is 0 Å². The van der Waals surface area contributed by atoms with E-state index in [1.807, 2.05) is 13.0 Å². The molecule has 3 nitrogen and oxygen atoms in total. The molecule has 0 radical (unpaired) electrons. The number of carboxylic acids is 1. The second-order valence-corrected chi connectivity index (χ2v) is 6.53. The highest BCUT2D eigenvalue weighted by Crippen LogP contribution is 2.37. The summed E-state index contributed by atoms with van der Waals surface area (Å²) in [6, 6.07) is 4.94. The fourth-order valence-electron chi connectivity index (χ4n) is 1.82. The van der Waals surface area contributed by atoms with E-state index in [1.165, 1.54) is 17.4 Å². The lowest BCUT2D eigenvalue weighted by Gasteiger charge is -2.06. The number of thiazole rings is 1. The minimum Gasteiger partial charge on any atom is -0.481 e. The molecule has 1 aromatic carbocycles. The maximum Gasteiger partial charge on any atom is 0.308 e. The number of halogens is 1. The molecule has 0 atom stereocenters. The number of aromatic nitrogens is 1. The summed E-state index contributed by atoms with van der Waals surface area (Å²) in [6.45, 7) is 3.76. The van der Waals surface area contributed by atoms with Crippen LogP contribution in [0.5, 0.6) is 0 Å². The fourth-order valence-corrected chi connectivity index (χ4v) is 3.83. The summed E-state index contributed by atoms with van der Waals surface area (Å²) < 4.78 is 14.1. The van der Waals surface area contributed by atoms with Crippen molar-refractivity contribution in [1.29, 1.82) is 0 Å². The number of aliphatic carboxylic acids is 1. The Morgan fingerprint density at radius 3 is 2.90 bits per heavy atom. The van der Waals surface area contributed by atoms with Crippen molar-refractivity contribution >= 4 is 29.1 Å². The maximum absolute atomic E-state index is 14.1. The van der Waals surface area contributed by atoms with Crippen LogP contribution >= 0.6 is 23.1 Å². The van der Waals surface area contributed by atoms with Gasteiger partial charge in [0.2, 0.25) is 0 Å². The molecule has 0 spiro atoms. The lowest BCUT2D eigenvalue weighted by atomic mass is 10.2. The van der Waals surface area contributed by atoms with Gasteiger partial charge in [-0.1, -0.05) is 13.0 Å². The van der Waals surface area contributed by atoms with E-state index in [0.29, 0.717) is 21.1 Å². The molecule has 1 aromatic heterocycles. The number of thioether (sulfide) groups is 1. The van der Waals surface area contributed by atoms with Gasteiger partial charge in [-0.2, -0.15) is 0 Å². The molecule has 0 amide bonds. The zero-order valence-electron chi connectivity index (χ0n) is 11.1. The summed E-state index contributed by atoms with van der Waals surface area (Å²) in [7, 11) is 0. The van der Waals surface area contributed by atoms with E-state index in [0.717, 1.165) is 10.6 Å². The molecule has 0 fully saturated rings. The summed E-state index contributed by atoms with van der Waals surface area (Å²) in [5.41, 5.74) is 1.13. The topological polar surface area (TPSA) is 50.2 Å². The number of hydrogen-bond acceptors (Lipinski definition) is 4. The highest BCUT2D eigenvalue weighted by atomic mass is 32.2. The van der Waals surface area contributed by atoms with Crippen LogP contribution in [0.3, 0.4) is 0 Å². The first-order valence-corrected chi connectivity index (χ1v) is 7.93. The lowest BCUT2D eigenvalue weighted by Crippen LogP contribution is -1.99. The number of carbonyl (C=O) groups is 1. The van der Waals surface area contributed by atoms with E-state index in [9.17, 15) is 9.18 Å². The molecular weight excluding hydrogens is 297 g/mol. The van der Waals surface area contributed by atoms with E-state index in [2.05, 4.69) is 4.98 Å². The molecule has 6 heteroatoms. The molecule has 0 bridgehead atoms. The van der Waals surface area contributed by atoms with Crippen LogP contribution in [0.1, 0.15) is 17.5 Å². The third kappa shape index (κ3) is 3.19. The average Bonchev–Trinajstić information content (AvgIpc) is 2.70. The van der Waals surface area contributed by atoms with E-state index >= 15 is 0 Å². The maximum atomic E-state index is 14.1. The standard InChI is InChI=1S/C14H14FNO2S2/c1-3-19-10-6-4-5-9(15)13(10)14-16-8(2)11(20-14)7-12(17)18/h4-6H,3,7H2,1-2H3,(H,17,18). The predicted molar refractivity (Wildman–Crippen MR) is 80.0 cm³/mol. The van der Waals surface area contributed by atoms with Crippen LogP contribution in [-0.2, 0) is 11.2 Å². The van der Waals surface area contributed by atoms with Crippen molar-refractivity contribution < 1.29 is 14.3 Å². The quantitative estimate of drug-likeness (QED) is 0.848. The number of benzene rings is 1.